The molecule has 6 rings (SSSR count). The summed E-state index contributed by atoms with van der Waals surface area (Å²) in [5.74, 6) is 0.725. The summed E-state index contributed by atoms with van der Waals surface area (Å²) in [5, 5.41) is 7.42. The largest absolute Gasteiger partial charge is 0.491 e. The SMILES string of the molecule is Cc1ccc2c(N)c(C(=O)N[C@H]3COc4cc(N5CCNCC56COC6)ccc4C3)sc2n1. The molecule has 0 unspecified atom stereocenters. The number of nitrogens with zero attached hydrogens (tertiary/aromatic N) is 2. The Morgan fingerprint density at radius 3 is 3.03 bits per heavy atom. The van der Waals surface area contributed by atoms with Crippen molar-refractivity contribution in [2.45, 2.75) is 24.9 Å². The number of aromatic nitrogens is 1. The Kier molecular flexibility index (Phi) is 4.93. The van der Waals surface area contributed by atoms with E-state index in [0.717, 1.165) is 66.5 Å². The summed E-state index contributed by atoms with van der Waals surface area (Å²) in [6.45, 7) is 6.72. The lowest BCUT2D eigenvalue weighted by Crippen LogP contribution is -2.71. The van der Waals surface area contributed by atoms with Crippen molar-refractivity contribution in [3.8, 4) is 5.75 Å². The maximum absolute atomic E-state index is 13.0. The third-order valence-electron chi connectivity index (χ3n) is 6.82. The Bertz CT molecular complexity index is 1240. The monoisotopic (exact) mass is 465 g/mol. The van der Waals surface area contributed by atoms with E-state index in [4.69, 9.17) is 15.2 Å². The molecule has 8 nitrogen and oxygen atoms in total. The second-order valence-corrected chi connectivity index (χ2v) is 10.2. The van der Waals surface area contributed by atoms with Crippen LogP contribution in [0.3, 0.4) is 0 Å². The van der Waals surface area contributed by atoms with Crippen LogP contribution in [0, 0.1) is 6.92 Å². The number of fused-ring (bicyclic) bond motifs is 2. The van der Waals surface area contributed by atoms with E-state index in [1.54, 1.807) is 0 Å². The lowest BCUT2D eigenvalue weighted by Gasteiger charge is -2.53. The van der Waals surface area contributed by atoms with Crippen LogP contribution in [0.25, 0.3) is 10.2 Å². The molecule has 1 spiro atoms. The third kappa shape index (κ3) is 3.51. The minimum Gasteiger partial charge on any atom is -0.491 e. The van der Waals surface area contributed by atoms with E-state index in [1.807, 2.05) is 19.1 Å². The van der Waals surface area contributed by atoms with Gasteiger partial charge in [0.25, 0.3) is 5.91 Å². The van der Waals surface area contributed by atoms with E-state index >= 15 is 0 Å². The number of ether oxygens (including phenoxy) is 2. The van der Waals surface area contributed by atoms with Crippen LogP contribution in [0.2, 0.25) is 0 Å². The molecule has 1 atom stereocenters. The van der Waals surface area contributed by atoms with Crippen LogP contribution in [-0.2, 0) is 11.2 Å². The molecule has 0 aliphatic carbocycles. The normalized spacial score (nSPS) is 21.4. The minimum absolute atomic E-state index is 0.0508. The van der Waals surface area contributed by atoms with Gasteiger partial charge >= 0.3 is 0 Å². The number of amides is 1. The van der Waals surface area contributed by atoms with E-state index in [-0.39, 0.29) is 17.5 Å². The molecular weight excluding hydrogens is 438 g/mol. The maximum atomic E-state index is 13.0. The first-order valence-electron chi connectivity index (χ1n) is 11.3. The summed E-state index contributed by atoms with van der Waals surface area (Å²) < 4.78 is 11.6. The van der Waals surface area contributed by atoms with Crippen LogP contribution in [0.1, 0.15) is 20.9 Å². The number of carbonyl (C=O) groups excluding carboxylic acids is 1. The molecule has 2 aromatic heterocycles. The zero-order valence-corrected chi connectivity index (χ0v) is 19.3. The van der Waals surface area contributed by atoms with E-state index in [2.05, 4.69) is 38.7 Å². The molecule has 4 N–H and O–H groups in total. The number of piperazine rings is 1. The number of nitrogens with one attached hydrogen (secondary N) is 2. The maximum Gasteiger partial charge on any atom is 0.263 e. The quantitative estimate of drug-likeness (QED) is 0.545. The number of pyridine rings is 1. The molecule has 0 saturated carbocycles. The Labute approximate surface area is 196 Å². The average molecular weight is 466 g/mol. The molecule has 3 aliphatic heterocycles. The Hall–Kier alpha value is -2.88. The van der Waals surface area contributed by atoms with Crippen molar-refractivity contribution < 1.29 is 14.3 Å². The highest BCUT2D eigenvalue weighted by atomic mass is 32.1. The molecule has 33 heavy (non-hydrogen) atoms. The standard InChI is InChI=1S/C24H27N5O3S/c1-14-2-5-18-20(25)21(33-23(18)27-14)22(30)28-16-8-15-3-4-17(9-19(15)32-10-16)29-7-6-26-11-24(29)12-31-13-24/h2-5,9,16,26H,6-8,10-13,25H2,1H3,(H,28,30)/t16-/m1/s1. The predicted molar refractivity (Wildman–Crippen MR) is 129 cm³/mol. The molecular formula is C24H27N5O3S. The lowest BCUT2D eigenvalue weighted by atomic mass is 9.91. The van der Waals surface area contributed by atoms with Crippen molar-refractivity contribution in [3.05, 3.63) is 46.5 Å². The van der Waals surface area contributed by atoms with Gasteiger partial charge < -0.3 is 30.7 Å². The van der Waals surface area contributed by atoms with E-state index < -0.39 is 0 Å². The summed E-state index contributed by atoms with van der Waals surface area (Å²) in [7, 11) is 0. The van der Waals surface area contributed by atoms with Gasteiger partial charge in [-0.2, -0.15) is 0 Å². The van der Waals surface area contributed by atoms with Crippen LogP contribution >= 0.6 is 11.3 Å². The first kappa shape index (κ1) is 20.7. The van der Waals surface area contributed by atoms with Crippen molar-refractivity contribution in [1.82, 2.24) is 15.6 Å². The van der Waals surface area contributed by atoms with Crippen molar-refractivity contribution >= 4 is 38.8 Å². The summed E-state index contributed by atoms with van der Waals surface area (Å²) in [6.07, 6.45) is 0.722. The number of hydrogen-bond acceptors (Lipinski definition) is 8. The van der Waals surface area contributed by atoms with Crippen LogP contribution in [0.15, 0.2) is 30.3 Å². The molecule has 9 heteroatoms. The summed E-state index contributed by atoms with van der Waals surface area (Å²) in [6, 6.07) is 10.1. The summed E-state index contributed by atoms with van der Waals surface area (Å²) in [5.41, 5.74) is 9.98. The molecule has 2 fully saturated rings. The Morgan fingerprint density at radius 2 is 2.21 bits per heavy atom. The van der Waals surface area contributed by atoms with Crippen LogP contribution < -0.4 is 26.0 Å². The van der Waals surface area contributed by atoms with E-state index in [0.29, 0.717) is 17.2 Å². The topological polar surface area (TPSA) is 102 Å². The molecule has 0 radical (unpaired) electrons. The fraction of sp³-hybridized carbons (Fsp3) is 0.417. The molecule has 172 valence electrons. The molecule has 1 aromatic carbocycles. The highest BCUT2D eigenvalue weighted by Crippen LogP contribution is 2.37. The van der Waals surface area contributed by atoms with Gasteiger partial charge in [0.05, 0.1) is 30.5 Å². The van der Waals surface area contributed by atoms with Crippen LogP contribution in [0.4, 0.5) is 11.4 Å². The molecule has 1 amide bonds. The lowest BCUT2D eigenvalue weighted by molar-refractivity contribution is -0.0615. The first-order valence-corrected chi connectivity index (χ1v) is 12.1. The number of anilines is 2. The fourth-order valence-corrected chi connectivity index (χ4v) is 6.02. The van der Waals surface area contributed by atoms with Crippen molar-refractivity contribution in [3.63, 3.8) is 0 Å². The number of aryl methyl sites for hydroxylation is 1. The predicted octanol–water partition coefficient (Wildman–Crippen LogP) is 2.10. The highest BCUT2D eigenvalue weighted by molar-refractivity contribution is 7.21. The van der Waals surface area contributed by atoms with Gasteiger partial charge in [-0.15, -0.1) is 11.3 Å². The smallest absolute Gasteiger partial charge is 0.263 e. The fourth-order valence-electron chi connectivity index (χ4n) is 4.97. The van der Waals surface area contributed by atoms with Crippen LogP contribution in [0.5, 0.6) is 5.75 Å². The molecule has 0 bridgehead atoms. The van der Waals surface area contributed by atoms with Gasteiger partial charge in [-0.05, 0) is 37.1 Å². The first-order chi connectivity index (χ1) is 16.0. The summed E-state index contributed by atoms with van der Waals surface area (Å²) in [4.78, 5) is 21.2. The average Bonchev–Trinajstić information content (AvgIpc) is 3.13. The van der Waals surface area contributed by atoms with Gasteiger partial charge in [0.1, 0.15) is 22.1 Å². The second kappa shape index (κ2) is 7.86. The van der Waals surface area contributed by atoms with Gasteiger partial charge in [0.15, 0.2) is 0 Å². The molecule has 2 saturated heterocycles. The number of carbonyl (C=O) groups is 1. The van der Waals surface area contributed by atoms with E-state index in [9.17, 15) is 4.79 Å². The van der Waals surface area contributed by atoms with Gasteiger partial charge in [0.2, 0.25) is 0 Å². The van der Waals surface area contributed by atoms with Crippen molar-refractivity contribution in [1.29, 1.82) is 0 Å². The molecule has 3 aromatic rings. The zero-order valence-electron chi connectivity index (χ0n) is 18.5. The number of hydrogen-bond donors (Lipinski definition) is 3. The number of rotatable bonds is 3. The van der Waals surface area contributed by atoms with Crippen LogP contribution in [-0.4, -0.2) is 61.9 Å². The van der Waals surface area contributed by atoms with Gasteiger partial charge in [0, 0.05) is 42.5 Å². The van der Waals surface area contributed by atoms with Crippen molar-refractivity contribution in [2.24, 2.45) is 0 Å². The number of benzene rings is 1. The van der Waals surface area contributed by atoms with Gasteiger partial charge in [-0.1, -0.05) is 6.07 Å². The highest BCUT2D eigenvalue weighted by Gasteiger charge is 2.46. The number of nitrogens with two attached hydrogens (primary N) is 1. The Morgan fingerprint density at radius 1 is 1.33 bits per heavy atom. The number of nitrogen functional groups attached to an aromatic ring is 1. The summed E-state index contributed by atoms with van der Waals surface area (Å²) >= 11 is 1.34. The minimum atomic E-state index is -0.172. The van der Waals surface area contributed by atoms with Gasteiger partial charge in [-0.3, -0.25) is 4.79 Å². The molecule has 3 aliphatic rings. The third-order valence-corrected chi connectivity index (χ3v) is 7.94. The molecule has 5 heterocycles. The van der Waals surface area contributed by atoms with E-state index in [1.165, 1.54) is 17.0 Å². The number of thiophene rings is 1. The Balaban J connectivity index is 1.17. The van der Waals surface area contributed by atoms with Crippen molar-refractivity contribution in [2.75, 3.05) is 50.1 Å². The van der Waals surface area contributed by atoms with Gasteiger partial charge in [-0.25, -0.2) is 4.98 Å². The second-order valence-electron chi connectivity index (χ2n) is 9.17. The zero-order chi connectivity index (χ0) is 22.6.